The van der Waals surface area contributed by atoms with E-state index in [4.69, 9.17) is 4.74 Å². The molecule has 1 fully saturated rings. The number of morpholine rings is 1. The van der Waals surface area contributed by atoms with Crippen LogP contribution in [0.4, 0.5) is 11.4 Å². The number of anilines is 2. The van der Waals surface area contributed by atoms with Crippen LogP contribution in [0, 0.1) is 25.2 Å². The second kappa shape index (κ2) is 10.1. The van der Waals surface area contributed by atoms with Crippen LogP contribution in [0.25, 0.3) is 6.08 Å². The minimum absolute atomic E-state index is 0.1000. The summed E-state index contributed by atoms with van der Waals surface area (Å²) in [5, 5.41) is 12.4. The highest BCUT2D eigenvalue weighted by Gasteiger charge is 2.14. The SMILES string of the molecule is CCCCn1c(C)cc(/C=C(\C#N)C(=O)Nc2ccc(N3CCOCC3)cc2)c1C. The van der Waals surface area contributed by atoms with Crippen LogP contribution in [0.5, 0.6) is 0 Å². The zero-order valence-corrected chi connectivity index (χ0v) is 18.1. The molecule has 0 unspecified atom stereocenters. The Hall–Kier alpha value is -3.04. The van der Waals surface area contributed by atoms with Gasteiger partial charge in [0, 0.05) is 42.4 Å². The van der Waals surface area contributed by atoms with Gasteiger partial charge in [-0.3, -0.25) is 4.79 Å². The van der Waals surface area contributed by atoms with Crippen LogP contribution in [0.3, 0.4) is 0 Å². The summed E-state index contributed by atoms with van der Waals surface area (Å²) in [4.78, 5) is 14.9. The van der Waals surface area contributed by atoms with Crippen molar-refractivity contribution in [1.29, 1.82) is 5.26 Å². The predicted molar refractivity (Wildman–Crippen MR) is 121 cm³/mol. The Bertz CT molecular complexity index is 945. The van der Waals surface area contributed by atoms with Gasteiger partial charge in [0.2, 0.25) is 0 Å². The topological polar surface area (TPSA) is 70.3 Å². The second-order valence-electron chi connectivity index (χ2n) is 7.60. The summed E-state index contributed by atoms with van der Waals surface area (Å²) < 4.78 is 7.63. The van der Waals surface area contributed by atoms with Gasteiger partial charge in [0.15, 0.2) is 0 Å². The lowest BCUT2D eigenvalue weighted by molar-refractivity contribution is -0.112. The van der Waals surface area contributed by atoms with E-state index in [0.717, 1.165) is 68.3 Å². The number of aromatic nitrogens is 1. The van der Waals surface area contributed by atoms with Crippen LogP contribution in [0.2, 0.25) is 0 Å². The molecule has 0 bridgehead atoms. The molecule has 1 amide bonds. The van der Waals surface area contributed by atoms with Crippen LogP contribution in [0.15, 0.2) is 35.9 Å². The van der Waals surface area contributed by atoms with Crippen molar-refractivity contribution in [3.8, 4) is 6.07 Å². The highest BCUT2D eigenvalue weighted by atomic mass is 16.5. The highest BCUT2D eigenvalue weighted by Crippen LogP contribution is 2.21. The number of carbonyl (C=O) groups is 1. The first-order valence-corrected chi connectivity index (χ1v) is 10.6. The number of aryl methyl sites for hydroxylation is 1. The lowest BCUT2D eigenvalue weighted by Crippen LogP contribution is -2.36. The summed E-state index contributed by atoms with van der Waals surface area (Å²) >= 11 is 0. The zero-order valence-electron chi connectivity index (χ0n) is 18.1. The van der Waals surface area contributed by atoms with Gasteiger partial charge in [0.25, 0.3) is 5.91 Å². The summed E-state index contributed by atoms with van der Waals surface area (Å²) in [6.45, 7) is 10.4. The summed E-state index contributed by atoms with van der Waals surface area (Å²) in [5.74, 6) is -0.394. The molecule has 6 heteroatoms. The van der Waals surface area contributed by atoms with Gasteiger partial charge in [-0.1, -0.05) is 13.3 Å². The number of nitrogens with zero attached hydrogens (tertiary/aromatic N) is 3. The van der Waals surface area contributed by atoms with Gasteiger partial charge in [-0.05, 0) is 62.2 Å². The van der Waals surface area contributed by atoms with Crippen LogP contribution in [0.1, 0.15) is 36.7 Å². The second-order valence-corrected chi connectivity index (χ2v) is 7.60. The molecule has 6 nitrogen and oxygen atoms in total. The van der Waals surface area contributed by atoms with E-state index in [0.29, 0.717) is 5.69 Å². The van der Waals surface area contributed by atoms with Crippen molar-refractivity contribution >= 4 is 23.4 Å². The maximum atomic E-state index is 12.7. The number of ether oxygens (including phenoxy) is 1. The van der Waals surface area contributed by atoms with Gasteiger partial charge in [-0.2, -0.15) is 5.26 Å². The van der Waals surface area contributed by atoms with Crippen molar-refractivity contribution in [2.75, 3.05) is 36.5 Å². The first-order valence-electron chi connectivity index (χ1n) is 10.6. The van der Waals surface area contributed by atoms with E-state index in [1.165, 1.54) is 0 Å². The van der Waals surface area contributed by atoms with Crippen molar-refractivity contribution in [2.24, 2.45) is 0 Å². The lowest BCUT2D eigenvalue weighted by Gasteiger charge is -2.28. The normalized spacial score (nSPS) is 14.5. The van der Waals surface area contributed by atoms with E-state index in [9.17, 15) is 10.1 Å². The van der Waals surface area contributed by atoms with Crippen LogP contribution < -0.4 is 10.2 Å². The van der Waals surface area contributed by atoms with E-state index in [1.807, 2.05) is 37.3 Å². The number of amides is 1. The van der Waals surface area contributed by atoms with Gasteiger partial charge in [0.1, 0.15) is 11.6 Å². The van der Waals surface area contributed by atoms with Crippen molar-refractivity contribution in [3.63, 3.8) is 0 Å². The number of hydrogen-bond donors (Lipinski definition) is 1. The van der Waals surface area contributed by atoms with E-state index in [-0.39, 0.29) is 5.57 Å². The lowest BCUT2D eigenvalue weighted by atomic mass is 10.1. The van der Waals surface area contributed by atoms with E-state index in [1.54, 1.807) is 6.08 Å². The molecule has 2 aromatic rings. The van der Waals surface area contributed by atoms with Crippen molar-refractivity contribution in [3.05, 3.63) is 52.9 Å². The molecule has 0 aliphatic carbocycles. The average Bonchev–Trinajstić information content (AvgIpc) is 3.03. The molecule has 1 N–H and O–H groups in total. The maximum absolute atomic E-state index is 12.7. The quantitative estimate of drug-likeness (QED) is 0.550. The Kier molecular flexibility index (Phi) is 7.31. The molecule has 158 valence electrons. The summed E-state index contributed by atoms with van der Waals surface area (Å²) in [5.41, 5.74) is 5.01. The van der Waals surface area contributed by atoms with Gasteiger partial charge in [-0.25, -0.2) is 0 Å². The number of nitrogens with one attached hydrogen (secondary N) is 1. The third kappa shape index (κ3) is 5.11. The Morgan fingerprint density at radius 1 is 1.23 bits per heavy atom. The molecule has 1 saturated heterocycles. The molecule has 30 heavy (non-hydrogen) atoms. The number of rotatable bonds is 7. The molecule has 0 saturated carbocycles. The number of unbranched alkanes of at least 4 members (excludes halogenated alkanes) is 1. The molecule has 0 radical (unpaired) electrons. The minimum Gasteiger partial charge on any atom is -0.378 e. The van der Waals surface area contributed by atoms with Crippen LogP contribution in [-0.4, -0.2) is 36.8 Å². The predicted octanol–water partition coefficient (Wildman–Crippen LogP) is 4.29. The Labute approximate surface area is 178 Å². The third-order valence-corrected chi connectivity index (χ3v) is 5.51. The fourth-order valence-electron chi connectivity index (χ4n) is 3.71. The number of benzene rings is 1. The summed E-state index contributed by atoms with van der Waals surface area (Å²) in [7, 11) is 0. The van der Waals surface area contributed by atoms with Gasteiger partial charge in [-0.15, -0.1) is 0 Å². The number of carbonyl (C=O) groups excluding carboxylic acids is 1. The van der Waals surface area contributed by atoms with Gasteiger partial charge < -0.3 is 19.5 Å². The molecule has 1 aliphatic heterocycles. The molecular formula is C24H30N4O2. The van der Waals surface area contributed by atoms with E-state index < -0.39 is 5.91 Å². The maximum Gasteiger partial charge on any atom is 0.266 e. The standard InChI is InChI=1S/C24H30N4O2/c1-4-5-10-28-18(2)15-20(19(28)3)16-21(17-25)24(29)26-22-6-8-23(9-7-22)27-11-13-30-14-12-27/h6-9,15-16H,4-5,10-14H2,1-3H3,(H,26,29)/b21-16+. The van der Waals surface area contributed by atoms with E-state index >= 15 is 0 Å². The number of hydrogen-bond acceptors (Lipinski definition) is 4. The molecule has 2 heterocycles. The molecule has 0 atom stereocenters. The summed E-state index contributed by atoms with van der Waals surface area (Å²) in [6, 6.07) is 11.8. The monoisotopic (exact) mass is 406 g/mol. The molecule has 0 spiro atoms. The molecular weight excluding hydrogens is 376 g/mol. The molecule has 1 aliphatic rings. The first kappa shape index (κ1) is 21.7. The van der Waals surface area contributed by atoms with Gasteiger partial charge in [0.05, 0.1) is 13.2 Å². The van der Waals surface area contributed by atoms with Crippen LogP contribution in [-0.2, 0) is 16.1 Å². The van der Waals surface area contributed by atoms with E-state index in [2.05, 4.69) is 34.7 Å². The molecule has 1 aromatic carbocycles. The molecule has 1 aromatic heterocycles. The average molecular weight is 407 g/mol. The Morgan fingerprint density at radius 3 is 2.57 bits per heavy atom. The Morgan fingerprint density at radius 2 is 1.93 bits per heavy atom. The minimum atomic E-state index is -0.394. The Balaban J connectivity index is 1.71. The third-order valence-electron chi connectivity index (χ3n) is 5.51. The van der Waals surface area contributed by atoms with Crippen molar-refractivity contribution < 1.29 is 9.53 Å². The van der Waals surface area contributed by atoms with Crippen LogP contribution >= 0.6 is 0 Å². The summed E-state index contributed by atoms with van der Waals surface area (Å²) in [6.07, 6.45) is 3.91. The smallest absolute Gasteiger partial charge is 0.266 e. The fraction of sp³-hybridized carbons (Fsp3) is 0.417. The zero-order chi connectivity index (χ0) is 21.5. The van der Waals surface area contributed by atoms with Crippen molar-refractivity contribution in [1.82, 2.24) is 4.57 Å². The fourth-order valence-corrected chi connectivity index (χ4v) is 3.71. The molecule has 3 rings (SSSR count). The first-order chi connectivity index (χ1) is 14.5. The largest absolute Gasteiger partial charge is 0.378 e. The van der Waals surface area contributed by atoms with Crippen molar-refractivity contribution in [2.45, 2.75) is 40.2 Å². The highest BCUT2D eigenvalue weighted by molar-refractivity contribution is 6.09. The van der Waals surface area contributed by atoms with Gasteiger partial charge >= 0.3 is 0 Å². The number of nitriles is 1.